The number of carbonyl (C=O) groups excluding carboxylic acids is 2. The van der Waals surface area contributed by atoms with E-state index >= 15 is 0 Å². The number of nitrogens with one attached hydrogen (secondary N) is 1. The number of rotatable bonds is 4. The second kappa shape index (κ2) is 9.86. The van der Waals surface area contributed by atoms with Gasteiger partial charge < -0.3 is 10.1 Å². The molecule has 2 aromatic rings. The second-order valence-corrected chi connectivity index (χ2v) is 8.43. The van der Waals surface area contributed by atoms with Gasteiger partial charge in [0.2, 0.25) is 0 Å². The Labute approximate surface area is 160 Å². The smallest absolute Gasteiger partial charge is 0.252 e. The Balaban J connectivity index is 1.70. The Kier molecular flexibility index (Phi) is 7.24. The van der Waals surface area contributed by atoms with Gasteiger partial charge in [-0.05, 0) is 31.2 Å². The zero-order chi connectivity index (χ0) is 18.2. The maximum absolute atomic E-state index is 12.9. The van der Waals surface area contributed by atoms with Crippen LogP contribution in [0, 0.1) is 5.92 Å². The van der Waals surface area contributed by atoms with Gasteiger partial charge in [-0.3, -0.25) is 4.79 Å². The van der Waals surface area contributed by atoms with Gasteiger partial charge in [0, 0.05) is 27.9 Å². The molecule has 0 spiro atoms. The molecule has 1 aromatic heterocycles. The summed E-state index contributed by atoms with van der Waals surface area (Å²) in [7, 11) is 0. The number of thiophene rings is 1. The van der Waals surface area contributed by atoms with Crippen LogP contribution >= 0.6 is 11.3 Å². The number of hydrogen-bond donors (Lipinski definition) is 1. The van der Waals surface area contributed by atoms with Crippen LogP contribution in [0.3, 0.4) is 0 Å². The van der Waals surface area contributed by atoms with E-state index in [0.29, 0.717) is 12.3 Å². The lowest BCUT2D eigenvalue weighted by Gasteiger charge is -2.23. The molecule has 2 atom stereocenters. The molecule has 0 bridgehead atoms. The minimum Gasteiger partial charge on any atom is -0.349 e. The molecule has 2 unspecified atom stereocenters. The highest BCUT2D eigenvalue weighted by atomic mass is 32.1. The van der Waals surface area contributed by atoms with Crippen molar-refractivity contribution in [2.45, 2.75) is 70.3 Å². The molecule has 1 aliphatic carbocycles. The number of carbonyl (C=O) groups is 2. The largest absolute Gasteiger partial charge is 0.349 e. The second-order valence-electron chi connectivity index (χ2n) is 7.52. The molecule has 1 saturated carbocycles. The Hall–Kier alpha value is -1.68. The standard InChI is InChI=1S/C22H29NO2S/c24-14-13-17-9-5-3-1-2-4-6-10-18(15-17)23-22(25)20-16-26-21-12-8-7-11-19(20)21/h7-8,11-12,14,16-18H,1-6,9-10,13,15H2,(H,23,25). The van der Waals surface area contributed by atoms with E-state index in [-0.39, 0.29) is 11.9 Å². The van der Waals surface area contributed by atoms with Crippen LogP contribution in [0.4, 0.5) is 0 Å². The van der Waals surface area contributed by atoms with Crippen LogP contribution in [0.25, 0.3) is 10.1 Å². The van der Waals surface area contributed by atoms with Gasteiger partial charge in [0.25, 0.3) is 5.91 Å². The highest BCUT2D eigenvalue weighted by Gasteiger charge is 2.21. The van der Waals surface area contributed by atoms with E-state index in [1.54, 1.807) is 11.3 Å². The number of amides is 1. The van der Waals surface area contributed by atoms with E-state index < -0.39 is 0 Å². The van der Waals surface area contributed by atoms with Crippen LogP contribution in [-0.4, -0.2) is 18.2 Å². The molecule has 140 valence electrons. The number of aldehydes is 1. The van der Waals surface area contributed by atoms with Crippen LogP contribution in [0.2, 0.25) is 0 Å². The molecule has 26 heavy (non-hydrogen) atoms. The fraction of sp³-hybridized carbons (Fsp3) is 0.545. The van der Waals surface area contributed by atoms with Gasteiger partial charge in [0.15, 0.2) is 0 Å². The topological polar surface area (TPSA) is 46.2 Å². The van der Waals surface area contributed by atoms with Crippen molar-refractivity contribution in [3.05, 3.63) is 35.2 Å². The molecule has 1 aromatic carbocycles. The van der Waals surface area contributed by atoms with E-state index in [0.717, 1.165) is 47.6 Å². The van der Waals surface area contributed by atoms with Gasteiger partial charge in [0.05, 0.1) is 5.56 Å². The molecule has 1 N–H and O–H groups in total. The maximum Gasteiger partial charge on any atom is 0.252 e. The quantitative estimate of drug-likeness (QED) is 0.698. The highest BCUT2D eigenvalue weighted by molar-refractivity contribution is 7.17. The summed E-state index contributed by atoms with van der Waals surface area (Å²) in [5.41, 5.74) is 0.784. The third-order valence-electron chi connectivity index (χ3n) is 5.52. The molecule has 1 amide bonds. The van der Waals surface area contributed by atoms with Gasteiger partial charge in [-0.2, -0.15) is 0 Å². The Morgan fingerprint density at radius 3 is 2.62 bits per heavy atom. The van der Waals surface area contributed by atoms with E-state index in [2.05, 4.69) is 11.4 Å². The van der Waals surface area contributed by atoms with Gasteiger partial charge >= 0.3 is 0 Å². The molecular weight excluding hydrogens is 342 g/mol. The summed E-state index contributed by atoms with van der Waals surface area (Å²) in [6, 6.07) is 8.25. The molecule has 4 heteroatoms. The van der Waals surface area contributed by atoms with Crippen LogP contribution in [0.15, 0.2) is 29.6 Å². The number of fused-ring (bicyclic) bond motifs is 1. The molecule has 0 radical (unpaired) electrons. The molecule has 1 fully saturated rings. The molecule has 1 heterocycles. The van der Waals surface area contributed by atoms with E-state index in [9.17, 15) is 9.59 Å². The zero-order valence-corrected chi connectivity index (χ0v) is 16.2. The lowest BCUT2D eigenvalue weighted by molar-refractivity contribution is -0.108. The van der Waals surface area contributed by atoms with Crippen molar-refractivity contribution in [3.63, 3.8) is 0 Å². The first-order valence-corrected chi connectivity index (χ1v) is 10.9. The average molecular weight is 372 g/mol. The van der Waals surface area contributed by atoms with Crippen molar-refractivity contribution < 1.29 is 9.59 Å². The summed E-state index contributed by atoms with van der Waals surface area (Å²) in [6.45, 7) is 0. The third kappa shape index (κ3) is 5.16. The molecule has 0 saturated heterocycles. The predicted octanol–water partition coefficient (Wildman–Crippen LogP) is 5.73. The lowest BCUT2D eigenvalue weighted by atomic mass is 9.90. The van der Waals surface area contributed by atoms with Gasteiger partial charge in [-0.15, -0.1) is 11.3 Å². The first-order valence-electron chi connectivity index (χ1n) is 9.98. The van der Waals surface area contributed by atoms with E-state index in [1.165, 1.54) is 32.1 Å². The van der Waals surface area contributed by atoms with Crippen molar-refractivity contribution >= 4 is 33.6 Å². The summed E-state index contributed by atoms with van der Waals surface area (Å²) < 4.78 is 1.15. The molecule has 3 nitrogen and oxygen atoms in total. The van der Waals surface area contributed by atoms with Gasteiger partial charge in [0.1, 0.15) is 6.29 Å². The van der Waals surface area contributed by atoms with Crippen molar-refractivity contribution in [1.29, 1.82) is 0 Å². The summed E-state index contributed by atoms with van der Waals surface area (Å²) in [6.07, 6.45) is 12.2. The van der Waals surface area contributed by atoms with Crippen LogP contribution in [-0.2, 0) is 4.79 Å². The van der Waals surface area contributed by atoms with Gasteiger partial charge in [-0.1, -0.05) is 56.7 Å². The van der Waals surface area contributed by atoms with Crippen LogP contribution < -0.4 is 5.32 Å². The highest BCUT2D eigenvalue weighted by Crippen LogP contribution is 2.27. The number of hydrogen-bond acceptors (Lipinski definition) is 3. The summed E-state index contributed by atoms with van der Waals surface area (Å²) in [5.74, 6) is 0.433. The molecular formula is C22H29NO2S. The molecule has 3 rings (SSSR count). The maximum atomic E-state index is 12.9. The lowest BCUT2D eigenvalue weighted by Crippen LogP contribution is -2.36. The molecule has 1 aliphatic rings. The number of benzene rings is 1. The van der Waals surface area contributed by atoms with Crippen molar-refractivity contribution in [2.24, 2.45) is 5.92 Å². The van der Waals surface area contributed by atoms with Crippen molar-refractivity contribution in [1.82, 2.24) is 5.32 Å². The van der Waals surface area contributed by atoms with Gasteiger partial charge in [-0.25, -0.2) is 0 Å². The fourth-order valence-corrected chi connectivity index (χ4v) is 5.01. The average Bonchev–Trinajstić information content (AvgIpc) is 3.05. The normalized spacial score (nSPS) is 22.5. The Bertz CT molecular complexity index is 724. The summed E-state index contributed by atoms with van der Waals surface area (Å²) in [5, 5.41) is 6.29. The summed E-state index contributed by atoms with van der Waals surface area (Å²) >= 11 is 1.62. The van der Waals surface area contributed by atoms with Crippen molar-refractivity contribution in [3.8, 4) is 0 Å². The minimum atomic E-state index is 0.0344. The predicted molar refractivity (Wildman–Crippen MR) is 109 cm³/mol. The first-order chi connectivity index (χ1) is 12.8. The van der Waals surface area contributed by atoms with Crippen molar-refractivity contribution in [2.75, 3.05) is 0 Å². The first kappa shape index (κ1) is 19.1. The Morgan fingerprint density at radius 1 is 1.08 bits per heavy atom. The minimum absolute atomic E-state index is 0.0344. The van der Waals surface area contributed by atoms with Crippen LogP contribution in [0.5, 0.6) is 0 Å². The third-order valence-corrected chi connectivity index (χ3v) is 6.49. The monoisotopic (exact) mass is 371 g/mol. The fourth-order valence-electron chi connectivity index (χ4n) is 4.07. The SMILES string of the molecule is O=CCC1CCCCCCCCC(NC(=O)c2csc3ccccc23)C1. The molecule has 0 aliphatic heterocycles. The van der Waals surface area contributed by atoms with E-state index in [1.807, 2.05) is 23.6 Å². The van der Waals surface area contributed by atoms with Crippen LogP contribution in [0.1, 0.15) is 74.6 Å². The summed E-state index contributed by atoms with van der Waals surface area (Å²) in [4.78, 5) is 24.0. The Morgan fingerprint density at radius 2 is 1.81 bits per heavy atom. The van der Waals surface area contributed by atoms with E-state index in [4.69, 9.17) is 0 Å². The zero-order valence-electron chi connectivity index (χ0n) is 15.4.